The molecule has 0 saturated carbocycles. The van der Waals surface area contributed by atoms with Gasteiger partial charge in [0, 0.05) is 19.2 Å². The molecule has 0 radical (unpaired) electrons. The van der Waals surface area contributed by atoms with Crippen LogP contribution in [0.15, 0.2) is 10.2 Å². The molecule has 8 nitrogen and oxygen atoms in total. The first-order valence-electron chi connectivity index (χ1n) is 7.28. The number of aryl methyl sites for hydroxylation is 5. The third-order valence-electron chi connectivity index (χ3n) is 3.97. The fourth-order valence-electron chi connectivity index (χ4n) is 2.43. The molecule has 0 aromatic carbocycles. The lowest BCUT2D eigenvalue weighted by Crippen LogP contribution is -1.95. The van der Waals surface area contributed by atoms with Gasteiger partial charge in [-0.1, -0.05) is 0 Å². The van der Waals surface area contributed by atoms with Crippen molar-refractivity contribution in [3.8, 4) is 0 Å². The maximum atomic E-state index is 4.46. The zero-order valence-corrected chi connectivity index (χ0v) is 13.8. The van der Waals surface area contributed by atoms with Crippen LogP contribution in [0.5, 0.6) is 0 Å². The Morgan fingerprint density at radius 1 is 0.955 bits per heavy atom. The summed E-state index contributed by atoms with van der Waals surface area (Å²) < 4.78 is 5.43. The molecular formula is C14H20N8. The lowest BCUT2D eigenvalue weighted by molar-refractivity contribution is 0.654. The molecule has 22 heavy (non-hydrogen) atoms. The summed E-state index contributed by atoms with van der Waals surface area (Å²) in [5, 5.41) is 22.1. The number of azo groups is 1. The Hall–Kier alpha value is -2.51. The van der Waals surface area contributed by atoms with Crippen molar-refractivity contribution in [2.24, 2.45) is 17.3 Å². The maximum absolute atomic E-state index is 4.46. The van der Waals surface area contributed by atoms with Crippen LogP contribution >= 0.6 is 0 Å². The SMILES string of the molecule is CCn1nc(C)c(C)c1N=Nc1c(C)nn2nc(C)n(C)c12. The third-order valence-corrected chi connectivity index (χ3v) is 3.97. The number of fused-ring (bicyclic) bond motifs is 1. The van der Waals surface area contributed by atoms with Gasteiger partial charge in [-0.2, -0.15) is 10.2 Å². The van der Waals surface area contributed by atoms with E-state index in [-0.39, 0.29) is 0 Å². The van der Waals surface area contributed by atoms with Crippen LogP contribution in [0.3, 0.4) is 0 Å². The van der Waals surface area contributed by atoms with E-state index in [4.69, 9.17) is 0 Å². The average Bonchev–Trinajstić information content (AvgIpc) is 3.03. The van der Waals surface area contributed by atoms with Crippen LogP contribution in [0, 0.1) is 27.7 Å². The van der Waals surface area contributed by atoms with Crippen LogP contribution in [0.1, 0.15) is 29.7 Å². The predicted octanol–water partition coefficient (Wildman–Crippen LogP) is 2.93. The van der Waals surface area contributed by atoms with E-state index in [1.807, 2.05) is 50.9 Å². The van der Waals surface area contributed by atoms with Gasteiger partial charge in [0.2, 0.25) is 0 Å². The van der Waals surface area contributed by atoms with E-state index in [2.05, 4.69) is 25.5 Å². The number of nitrogens with zero attached hydrogens (tertiary/aromatic N) is 8. The first kappa shape index (κ1) is 14.4. The summed E-state index contributed by atoms with van der Waals surface area (Å²) in [5.74, 6) is 1.67. The minimum absolute atomic E-state index is 0.740. The molecule has 0 spiro atoms. The molecule has 0 aliphatic carbocycles. The van der Waals surface area contributed by atoms with Gasteiger partial charge >= 0.3 is 0 Å². The standard InChI is InChI=1S/C14H20N8/c1-7-21-13(8(2)9(3)17-21)16-15-12-10(4)18-22-14(12)20(6)11(5)19-22/h7H2,1-6H3. The van der Waals surface area contributed by atoms with E-state index in [0.717, 1.165) is 46.5 Å². The quantitative estimate of drug-likeness (QED) is 0.698. The predicted molar refractivity (Wildman–Crippen MR) is 83.0 cm³/mol. The summed E-state index contributed by atoms with van der Waals surface area (Å²) in [5.41, 5.74) is 4.41. The van der Waals surface area contributed by atoms with E-state index >= 15 is 0 Å². The van der Waals surface area contributed by atoms with Gasteiger partial charge in [-0.05, 0) is 34.6 Å². The van der Waals surface area contributed by atoms with Crippen molar-refractivity contribution in [1.82, 2.24) is 29.2 Å². The zero-order chi connectivity index (χ0) is 16.0. The van der Waals surface area contributed by atoms with Gasteiger partial charge in [0.15, 0.2) is 17.2 Å². The van der Waals surface area contributed by atoms with Gasteiger partial charge in [-0.3, -0.25) is 0 Å². The molecule has 0 aliphatic rings. The van der Waals surface area contributed by atoms with Gasteiger partial charge < -0.3 is 4.57 Å². The number of hydrogen-bond donors (Lipinski definition) is 0. The summed E-state index contributed by atoms with van der Waals surface area (Å²) in [6.07, 6.45) is 0. The van der Waals surface area contributed by atoms with Crippen molar-refractivity contribution in [3.63, 3.8) is 0 Å². The van der Waals surface area contributed by atoms with Crippen LogP contribution in [0.25, 0.3) is 5.65 Å². The second-order valence-corrected chi connectivity index (χ2v) is 5.40. The van der Waals surface area contributed by atoms with Gasteiger partial charge in [-0.15, -0.1) is 20.0 Å². The van der Waals surface area contributed by atoms with Crippen LogP contribution in [0.4, 0.5) is 11.5 Å². The molecule has 8 heteroatoms. The van der Waals surface area contributed by atoms with Crippen LogP contribution in [0.2, 0.25) is 0 Å². The van der Waals surface area contributed by atoms with E-state index in [0.29, 0.717) is 0 Å². The molecule has 3 heterocycles. The molecule has 0 bridgehead atoms. The van der Waals surface area contributed by atoms with E-state index in [1.54, 1.807) is 4.63 Å². The molecule has 0 amide bonds. The monoisotopic (exact) mass is 300 g/mol. The Morgan fingerprint density at radius 3 is 2.36 bits per heavy atom. The molecule has 0 saturated heterocycles. The Bertz CT molecular complexity index is 877. The fraction of sp³-hybridized carbons (Fsp3) is 0.500. The second-order valence-electron chi connectivity index (χ2n) is 5.40. The molecule has 0 N–H and O–H groups in total. The summed E-state index contributed by atoms with van der Waals surface area (Å²) in [7, 11) is 1.95. The molecule has 3 rings (SSSR count). The van der Waals surface area contributed by atoms with Crippen molar-refractivity contribution >= 4 is 17.2 Å². The van der Waals surface area contributed by atoms with Gasteiger partial charge in [-0.25, -0.2) is 4.68 Å². The second kappa shape index (κ2) is 5.04. The minimum atomic E-state index is 0.740. The van der Waals surface area contributed by atoms with Crippen molar-refractivity contribution in [1.29, 1.82) is 0 Å². The minimum Gasteiger partial charge on any atom is -0.313 e. The molecule has 0 fully saturated rings. The average molecular weight is 300 g/mol. The van der Waals surface area contributed by atoms with Crippen molar-refractivity contribution in [2.75, 3.05) is 0 Å². The van der Waals surface area contributed by atoms with Gasteiger partial charge in [0.25, 0.3) is 0 Å². The highest BCUT2D eigenvalue weighted by Gasteiger charge is 2.16. The summed E-state index contributed by atoms with van der Waals surface area (Å²) in [6, 6.07) is 0. The first-order valence-corrected chi connectivity index (χ1v) is 7.28. The lowest BCUT2D eigenvalue weighted by Gasteiger charge is -1.99. The number of rotatable bonds is 3. The highest BCUT2D eigenvalue weighted by molar-refractivity contribution is 5.67. The van der Waals surface area contributed by atoms with Crippen molar-refractivity contribution in [3.05, 3.63) is 22.8 Å². The highest BCUT2D eigenvalue weighted by atomic mass is 15.5. The third kappa shape index (κ3) is 2.02. The Labute approximate surface area is 128 Å². The largest absolute Gasteiger partial charge is 0.313 e. The molecule has 0 aliphatic heterocycles. The van der Waals surface area contributed by atoms with Gasteiger partial charge in [0.1, 0.15) is 5.82 Å². The van der Waals surface area contributed by atoms with Crippen LogP contribution in [-0.2, 0) is 13.6 Å². The zero-order valence-electron chi connectivity index (χ0n) is 13.8. The molecule has 0 atom stereocenters. The summed E-state index contributed by atoms with van der Waals surface area (Å²) in [6.45, 7) is 10.6. The van der Waals surface area contributed by atoms with E-state index in [9.17, 15) is 0 Å². The van der Waals surface area contributed by atoms with E-state index in [1.165, 1.54) is 0 Å². The number of aromatic nitrogens is 6. The van der Waals surface area contributed by atoms with Gasteiger partial charge in [0.05, 0.1) is 11.4 Å². The summed E-state index contributed by atoms with van der Waals surface area (Å²) in [4.78, 5) is 0. The first-order chi connectivity index (χ1) is 10.4. The molecule has 3 aromatic heterocycles. The van der Waals surface area contributed by atoms with Crippen molar-refractivity contribution < 1.29 is 0 Å². The smallest absolute Gasteiger partial charge is 0.186 e. The summed E-state index contributed by atoms with van der Waals surface area (Å²) >= 11 is 0. The van der Waals surface area contributed by atoms with Crippen LogP contribution in [-0.4, -0.2) is 29.2 Å². The Balaban J connectivity index is 2.12. The maximum Gasteiger partial charge on any atom is 0.186 e. The topological polar surface area (TPSA) is 77.7 Å². The number of hydrogen-bond acceptors (Lipinski definition) is 5. The molecule has 0 unspecified atom stereocenters. The Morgan fingerprint density at radius 2 is 1.68 bits per heavy atom. The highest BCUT2D eigenvalue weighted by Crippen LogP contribution is 2.29. The fourth-order valence-corrected chi connectivity index (χ4v) is 2.43. The molecular weight excluding hydrogens is 280 g/mol. The molecule has 3 aromatic rings. The van der Waals surface area contributed by atoms with E-state index < -0.39 is 0 Å². The Kier molecular flexibility index (Phi) is 3.31. The normalized spacial score (nSPS) is 12.1. The molecule has 116 valence electrons. The lowest BCUT2D eigenvalue weighted by atomic mass is 10.3. The van der Waals surface area contributed by atoms with Crippen molar-refractivity contribution in [2.45, 2.75) is 41.2 Å². The van der Waals surface area contributed by atoms with Crippen LogP contribution < -0.4 is 0 Å².